The third-order valence-electron chi connectivity index (χ3n) is 3.62. The summed E-state index contributed by atoms with van der Waals surface area (Å²) in [5.74, 6) is 0.613. The van der Waals surface area contributed by atoms with Crippen molar-refractivity contribution < 1.29 is 0 Å². The summed E-state index contributed by atoms with van der Waals surface area (Å²) in [5, 5.41) is 8.87. The number of halogens is 1. The van der Waals surface area contributed by atoms with E-state index in [0.29, 0.717) is 5.84 Å². The molecular formula is C16H17ClN6. The van der Waals surface area contributed by atoms with Crippen LogP contribution in [0, 0.1) is 6.92 Å². The van der Waals surface area contributed by atoms with Gasteiger partial charge in [0, 0.05) is 24.5 Å². The Morgan fingerprint density at radius 1 is 1.26 bits per heavy atom. The molecule has 0 aliphatic carbocycles. The Morgan fingerprint density at radius 2 is 2.00 bits per heavy atom. The van der Waals surface area contributed by atoms with Gasteiger partial charge in [-0.05, 0) is 37.3 Å². The number of aromatic nitrogens is 4. The molecule has 6 nitrogen and oxygen atoms in total. The molecule has 0 spiro atoms. The highest BCUT2D eigenvalue weighted by atomic mass is 35.5. The van der Waals surface area contributed by atoms with Crippen molar-refractivity contribution in [3.63, 3.8) is 0 Å². The van der Waals surface area contributed by atoms with Gasteiger partial charge in [0.15, 0.2) is 0 Å². The van der Waals surface area contributed by atoms with Gasteiger partial charge in [0.05, 0.1) is 29.1 Å². The van der Waals surface area contributed by atoms with Crippen LogP contribution in [0.2, 0.25) is 0 Å². The van der Waals surface area contributed by atoms with Gasteiger partial charge in [-0.25, -0.2) is 9.67 Å². The molecule has 3 rings (SSSR count). The molecule has 0 aliphatic heterocycles. The van der Waals surface area contributed by atoms with E-state index in [0.717, 1.165) is 28.3 Å². The van der Waals surface area contributed by atoms with Crippen molar-refractivity contribution in [1.29, 1.82) is 0 Å². The van der Waals surface area contributed by atoms with E-state index in [1.54, 1.807) is 0 Å². The predicted octanol–water partition coefficient (Wildman–Crippen LogP) is 2.81. The summed E-state index contributed by atoms with van der Waals surface area (Å²) < 4.78 is 3.66. The lowest BCUT2D eigenvalue weighted by atomic mass is 10.2. The van der Waals surface area contributed by atoms with Crippen LogP contribution in [0.1, 0.15) is 5.69 Å². The fourth-order valence-electron chi connectivity index (χ4n) is 2.24. The minimum absolute atomic E-state index is 0.217. The molecule has 0 bridgehead atoms. The molecule has 23 heavy (non-hydrogen) atoms. The number of benzene rings is 1. The van der Waals surface area contributed by atoms with Gasteiger partial charge in [-0.3, -0.25) is 4.68 Å². The molecule has 0 amide bonds. The van der Waals surface area contributed by atoms with Crippen LogP contribution >= 0.6 is 11.6 Å². The van der Waals surface area contributed by atoms with Crippen LogP contribution in [0.4, 0.5) is 5.69 Å². The standard InChI is InChI=1S/C16H17ClN6/c1-11-14(10-19-22(11)2)15-7-8-23(21-15)13-5-3-12(4-6-13)20-16(18)9-17/h3-8,10H,9H2,1-2H3,(H2,18,20). The second kappa shape index (κ2) is 6.26. The maximum atomic E-state index is 5.63. The summed E-state index contributed by atoms with van der Waals surface area (Å²) in [7, 11) is 1.92. The summed E-state index contributed by atoms with van der Waals surface area (Å²) >= 11 is 5.63. The molecule has 0 aliphatic rings. The smallest absolute Gasteiger partial charge is 0.115 e. The van der Waals surface area contributed by atoms with Crippen molar-refractivity contribution in [2.24, 2.45) is 17.8 Å². The fraction of sp³-hybridized carbons (Fsp3) is 0.188. The Bertz CT molecular complexity index is 844. The number of hydrogen-bond donors (Lipinski definition) is 1. The average molecular weight is 329 g/mol. The second-order valence-corrected chi connectivity index (χ2v) is 5.43. The molecule has 2 N–H and O–H groups in total. The highest BCUT2D eigenvalue weighted by Crippen LogP contribution is 2.22. The molecule has 7 heteroatoms. The lowest BCUT2D eigenvalue weighted by Gasteiger charge is -2.02. The van der Waals surface area contributed by atoms with E-state index in [-0.39, 0.29) is 5.88 Å². The Hall–Kier alpha value is -2.60. The van der Waals surface area contributed by atoms with Gasteiger partial charge in [0.2, 0.25) is 0 Å². The van der Waals surface area contributed by atoms with E-state index in [2.05, 4.69) is 15.2 Å². The Labute approximate surface area is 139 Å². The quantitative estimate of drug-likeness (QED) is 0.454. The van der Waals surface area contributed by atoms with E-state index in [4.69, 9.17) is 17.3 Å². The van der Waals surface area contributed by atoms with Gasteiger partial charge in [-0.1, -0.05) is 0 Å². The van der Waals surface area contributed by atoms with Gasteiger partial charge in [-0.2, -0.15) is 10.2 Å². The average Bonchev–Trinajstić information content (AvgIpc) is 3.16. The van der Waals surface area contributed by atoms with Crippen molar-refractivity contribution in [2.45, 2.75) is 6.92 Å². The summed E-state index contributed by atoms with van der Waals surface area (Å²) in [6.07, 6.45) is 3.75. The van der Waals surface area contributed by atoms with Crippen molar-refractivity contribution >= 4 is 23.1 Å². The van der Waals surface area contributed by atoms with Gasteiger partial charge >= 0.3 is 0 Å². The molecule has 0 fully saturated rings. The van der Waals surface area contributed by atoms with E-state index in [1.165, 1.54) is 0 Å². The number of rotatable bonds is 4. The van der Waals surface area contributed by atoms with E-state index >= 15 is 0 Å². The molecule has 0 saturated carbocycles. The van der Waals surface area contributed by atoms with Crippen molar-refractivity contribution in [2.75, 3.05) is 5.88 Å². The zero-order valence-corrected chi connectivity index (χ0v) is 13.7. The number of aryl methyl sites for hydroxylation is 1. The fourth-order valence-corrected chi connectivity index (χ4v) is 2.30. The van der Waals surface area contributed by atoms with E-state index in [1.807, 2.05) is 66.1 Å². The van der Waals surface area contributed by atoms with Crippen LogP contribution < -0.4 is 5.73 Å². The molecule has 0 unspecified atom stereocenters. The van der Waals surface area contributed by atoms with Crippen LogP contribution in [-0.4, -0.2) is 31.3 Å². The highest BCUT2D eigenvalue weighted by Gasteiger charge is 2.10. The number of aliphatic imine (C=N–C) groups is 1. The number of amidine groups is 1. The van der Waals surface area contributed by atoms with Gasteiger partial charge < -0.3 is 5.73 Å². The zero-order valence-electron chi connectivity index (χ0n) is 12.9. The van der Waals surface area contributed by atoms with Crippen LogP contribution in [-0.2, 0) is 7.05 Å². The summed E-state index contributed by atoms with van der Waals surface area (Å²) in [4.78, 5) is 4.20. The molecular weight excluding hydrogens is 312 g/mol. The number of nitrogens with two attached hydrogens (primary N) is 1. The van der Waals surface area contributed by atoms with Crippen molar-refractivity contribution in [3.8, 4) is 16.9 Å². The molecule has 118 valence electrons. The van der Waals surface area contributed by atoms with Crippen molar-refractivity contribution in [3.05, 3.63) is 48.4 Å². The summed E-state index contributed by atoms with van der Waals surface area (Å²) in [6.45, 7) is 2.02. The largest absolute Gasteiger partial charge is 0.386 e. The van der Waals surface area contributed by atoms with E-state index in [9.17, 15) is 0 Å². The summed E-state index contributed by atoms with van der Waals surface area (Å²) in [5.41, 5.74) is 10.3. The Morgan fingerprint density at radius 3 is 2.61 bits per heavy atom. The first-order chi connectivity index (χ1) is 11.1. The zero-order chi connectivity index (χ0) is 16.4. The van der Waals surface area contributed by atoms with Crippen LogP contribution in [0.3, 0.4) is 0 Å². The monoisotopic (exact) mass is 328 g/mol. The van der Waals surface area contributed by atoms with E-state index < -0.39 is 0 Å². The first-order valence-electron chi connectivity index (χ1n) is 7.12. The maximum absolute atomic E-state index is 5.63. The van der Waals surface area contributed by atoms with Crippen LogP contribution in [0.25, 0.3) is 16.9 Å². The molecule has 0 atom stereocenters. The summed E-state index contributed by atoms with van der Waals surface area (Å²) in [6, 6.07) is 9.61. The lowest BCUT2D eigenvalue weighted by molar-refractivity contribution is 0.740. The Balaban J connectivity index is 1.87. The minimum atomic E-state index is 0.217. The normalized spacial score (nSPS) is 11.9. The molecule has 2 heterocycles. The van der Waals surface area contributed by atoms with Gasteiger partial charge in [-0.15, -0.1) is 11.6 Å². The highest BCUT2D eigenvalue weighted by molar-refractivity contribution is 6.28. The molecule has 1 aromatic carbocycles. The topological polar surface area (TPSA) is 74.0 Å². The van der Waals surface area contributed by atoms with Crippen LogP contribution in [0.15, 0.2) is 47.7 Å². The maximum Gasteiger partial charge on any atom is 0.115 e. The second-order valence-electron chi connectivity index (χ2n) is 5.17. The van der Waals surface area contributed by atoms with Crippen molar-refractivity contribution in [1.82, 2.24) is 19.6 Å². The number of alkyl halides is 1. The molecule has 2 aromatic heterocycles. The molecule has 3 aromatic rings. The first-order valence-corrected chi connectivity index (χ1v) is 7.66. The SMILES string of the molecule is Cc1c(-c2ccn(-c3ccc(N=C(N)CCl)cc3)n2)cnn1C. The minimum Gasteiger partial charge on any atom is -0.386 e. The Kier molecular flexibility index (Phi) is 4.16. The molecule has 0 saturated heterocycles. The first kappa shape index (κ1) is 15.3. The third-order valence-corrected chi connectivity index (χ3v) is 3.90. The van der Waals surface area contributed by atoms with Gasteiger partial charge in [0.25, 0.3) is 0 Å². The number of hydrogen-bond acceptors (Lipinski definition) is 3. The third kappa shape index (κ3) is 3.12. The van der Waals surface area contributed by atoms with Gasteiger partial charge in [0.1, 0.15) is 5.84 Å². The van der Waals surface area contributed by atoms with Crippen LogP contribution in [0.5, 0.6) is 0 Å². The molecule has 0 radical (unpaired) electrons. The predicted molar refractivity (Wildman–Crippen MR) is 92.5 cm³/mol. The number of nitrogens with zero attached hydrogens (tertiary/aromatic N) is 5. The lowest BCUT2D eigenvalue weighted by Crippen LogP contribution is -2.12.